The Bertz CT molecular complexity index is 931. The highest BCUT2D eigenvalue weighted by molar-refractivity contribution is 6.31. The summed E-state index contributed by atoms with van der Waals surface area (Å²) in [6.07, 6.45) is 3.32. The fourth-order valence-electron chi connectivity index (χ4n) is 3.40. The number of aryl methyl sites for hydroxylation is 1. The fourth-order valence-corrected chi connectivity index (χ4v) is 3.82. The van der Waals surface area contributed by atoms with Crippen LogP contribution < -0.4 is 5.32 Å². The summed E-state index contributed by atoms with van der Waals surface area (Å²) in [5.74, 6) is 1.08. The average Bonchev–Trinajstić information content (AvgIpc) is 2.77. The van der Waals surface area contributed by atoms with Crippen molar-refractivity contribution >= 4 is 29.0 Å². The van der Waals surface area contributed by atoms with Gasteiger partial charge in [0.05, 0.1) is 11.4 Å². The molecule has 3 aromatic rings. The number of rotatable bonds is 2. The standard InChI is InChI=1S/C20H19Cl2N3/c1-13-11-16(22)8-9-18(13)25-20-17(7-2-3-10-23-20)19(24-25)14-5-4-6-15(21)12-14/h4-6,8-9,11-12,23H,2-3,7,10H2,1H3. The average molecular weight is 372 g/mol. The Kier molecular flexibility index (Phi) is 4.45. The lowest BCUT2D eigenvalue weighted by molar-refractivity contribution is 0.779. The molecular formula is C20H19Cl2N3. The molecule has 2 heterocycles. The van der Waals surface area contributed by atoms with Crippen LogP contribution in [-0.2, 0) is 6.42 Å². The maximum absolute atomic E-state index is 6.21. The summed E-state index contributed by atoms with van der Waals surface area (Å²) in [4.78, 5) is 0. The van der Waals surface area contributed by atoms with Crippen LogP contribution in [0.5, 0.6) is 0 Å². The molecule has 0 amide bonds. The first-order chi connectivity index (χ1) is 12.1. The second-order valence-corrected chi connectivity index (χ2v) is 7.29. The van der Waals surface area contributed by atoms with Crippen molar-refractivity contribution in [3.63, 3.8) is 0 Å². The SMILES string of the molecule is Cc1cc(Cl)ccc1-n1nc(-c2cccc(Cl)c2)c2c1NCCCC2. The molecule has 4 rings (SSSR count). The van der Waals surface area contributed by atoms with Gasteiger partial charge in [0.2, 0.25) is 0 Å². The van der Waals surface area contributed by atoms with E-state index in [-0.39, 0.29) is 0 Å². The van der Waals surface area contributed by atoms with Gasteiger partial charge in [-0.05, 0) is 62.1 Å². The van der Waals surface area contributed by atoms with Crippen molar-refractivity contribution in [2.45, 2.75) is 26.2 Å². The quantitative estimate of drug-likeness (QED) is 0.607. The highest BCUT2D eigenvalue weighted by Crippen LogP contribution is 2.35. The maximum Gasteiger partial charge on any atom is 0.133 e. The Morgan fingerprint density at radius 1 is 1.04 bits per heavy atom. The zero-order chi connectivity index (χ0) is 17.4. The van der Waals surface area contributed by atoms with E-state index in [4.69, 9.17) is 28.3 Å². The van der Waals surface area contributed by atoms with Crippen LogP contribution in [0.3, 0.4) is 0 Å². The maximum atomic E-state index is 6.21. The van der Waals surface area contributed by atoms with Gasteiger partial charge in [0.15, 0.2) is 0 Å². The second kappa shape index (κ2) is 6.74. The van der Waals surface area contributed by atoms with Gasteiger partial charge >= 0.3 is 0 Å². The van der Waals surface area contributed by atoms with Crippen molar-refractivity contribution in [1.82, 2.24) is 9.78 Å². The molecule has 1 N–H and O–H groups in total. The van der Waals surface area contributed by atoms with Gasteiger partial charge in [0.25, 0.3) is 0 Å². The summed E-state index contributed by atoms with van der Waals surface area (Å²) < 4.78 is 2.02. The van der Waals surface area contributed by atoms with Crippen LogP contribution in [0.25, 0.3) is 16.9 Å². The van der Waals surface area contributed by atoms with Gasteiger partial charge in [-0.15, -0.1) is 0 Å². The molecule has 128 valence electrons. The van der Waals surface area contributed by atoms with Crippen molar-refractivity contribution in [2.24, 2.45) is 0 Å². The number of nitrogens with zero attached hydrogens (tertiary/aromatic N) is 2. The molecule has 0 unspecified atom stereocenters. The molecular weight excluding hydrogens is 353 g/mol. The van der Waals surface area contributed by atoms with Crippen LogP contribution in [0.2, 0.25) is 10.0 Å². The number of anilines is 1. The Labute approximate surface area is 157 Å². The van der Waals surface area contributed by atoms with E-state index in [1.165, 1.54) is 5.56 Å². The van der Waals surface area contributed by atoms with Gasteiger partial charge in [-0.25, -0.2) is 4.68 Å². The van der Waals surface area contributed by atoms with Crippen LogP contribution >= 0.6 is 23.2 Å². The monoisotopic (exact) mass is 371 g/mol. The molecule has 1 aliphatic rings. The van der Waals surface area contributed by atoms with Crippen molar-refractivity contribution in [3.05, 3.63) is 63.6 Å². The van der Waals surface area contributed by atoms with E-state index in [1.807, 2.05) is 41.1 Å². The van der Waals surface area contributed by atoms with E-state index in [0.29, 0.717) is 0 Å². The van der Waals surface area contributed by atoms with Crippen molar-refractivity contribution in [2.75, 3.05) is 11.9 Å². The lowest BCUT2D eigenvalue weighted by Crippen LogP contribution is -2.08. The van der Waals surface area contributed by atoms with Gasteiger partial charge in [0, 0.05) is 27.7 Å². The number of nitrogens with one attached hydrogen (secondary N) is 1. The Morgan fingerprint density at radius 2 is 1.88 bits per heavy atom. The number of halogens is 2. The second-order valence-electron chi connectivity index (χ2n) is 6.41. The van der Waals surface area contributed by atoms with E-state index in [9.17, 15) is 0 Å². The lowest BCUT2D eigenvalue weighted by atomic mass is 10.0. The molecule has 0 saturated carbocycles. The summed E-state index contributed by atoms with van der Waals surface area (Å²) in [5.41, 5.74) is 5.46. The third kappa shape index (κ3) is 3.14. The van der Waals surface area contributed by atoms with Crippen LogP contribution in [0.4, 0.5) is 5.82 Å². The van der Waals surface area contributed by atoms with E-state index < -0.39 is 0 Å². The summed E-state index contributed by atoms with van der Waals surface area (Å²) in [7, 11) is 0. The molecule has 1 aliphatic heterocycles. The number of benzene rings is 2. The van der Waals surface area contributed by atoms with Crippen LogP contribution in [-0.4, -0.2) is 16.3 Å². The predicted molar refractivity (Wildman–Crippen MR) is 105 cm³/mol. The summed E-state index contributed by atoms with van der Waals surface area (Å²) in [6, 6.07) is 13.8. The Balaban J connectivity index is 1.93. The molecule has 0 aliphatic carbocycles. The van der Waals surface area contributed by atoms with Crippen LogP contribution in [0, 0.1) is 6.92 Å². The van der Waals surface area contributed by atoms with E-state index in [1.54, 1.807) is 0 Å². The minimum Gasteiger partial charge on any atom is -0.370 e. The molecule has 0 saturated heterocycles. The third-order valence-electron chi connectivity index (χ3n) is 4.61. The molecule has 3 nitrogen and oxygen atoms in total. The van der Waals surface area contributed by atoms with Crippen LogP contribution in [0.15, 0.2) is 42.5 Å². The highest BCUT2D eigenvalue weighted by Gasteiger charge is 2.22. The van der Waals surface area contributed by atoms with Gasteiger partial charge < -0.3 is 5.32 Å². The van der Waals surface area contributed by atoms with Gasteiger partial charge in [-0.2, -0.15) is 5.10 Å². The third-order valence-corrected chi connectivity index (χ3v) is 5.08. The normalized spacial score (nSPS) is 13.9. The largest absolute Gasteiger partial charge is 0.370 e. The fraction of sp³-hybridized carbons (Fsp3) is 0.250. The molecule has 2 aromatic carbocycles. The summed E-state index contributed by atoms with van der Waals surface area (Å²) >= 11 is 12.3. The highest BCUT2D eigenvalue weighted by atomic mass is 35.5. The number of hydrogen-bond donors (Lipinski definition) is 1. The zero-order valence-electron chi connectivity index (χ0n) is 14.0. The molecule has 0 bridgehead atoms. The first-order valence-corrected chi connectivity index (χ1v) is 9.27. The smallest absolute Gasteiger partial charge is 0.133 e. The van der Waals surface area contributed by atoms with Gasteiger partial charge in [-0.3, -0.25) is 0 Å². The molecule has 5 heteroatoms. The lowest BCUT2D eigenvalue weighted by Gasteiger charge is -2.11. The summed E-state index contributed by atoms with van der Waals surface area (Å²) in [6.45, 7) is 3.02. The molecule has 0 fully saturated rings. The number of hydrogen-bond acceptors (Lipinski definition) is 2. The van der Waals surface area contributed by atoms with E-state index in [2.05, 4.69) is 18.3 Å². The van der Waals surface area contributed by atoms with Crippen LogP contribution in [0.1, 0.15) is 24.0 Å². The molecule has 1 aromatic heterocycles. The van der Waals surface area contributed by atoms with Gasteiger partial charge in [-0.1, -0.05) is 35.3 Å². The number of fused-ring (bicyclic) bond motifs is 1. The first kappa shape index (κ1) is 16.5. The van der Waals surface area contributed by atoms with Crippen molar-refractivity contribution in [1.29, 1.82) is 0 Å². The minimum absolute atomic E-state index is 0.727. The van der Waals surface area contributed by atoms with E-state index in [0.717, 1.165) is 64.2 Å². The Hall–Kier alpha value is -1.97. The molecule has 0 atom stereocenters. The van der Waals surface area contributed by atoms with Crippen molar-refractivity contribution in [3.8, 4) is 16.9 Å². The first-order valence-electron chi connectivity index (χ1n) is 8.52. The molecule has 0 radical (unpaired) electrons. The topological polar surface area (TPSA) is 29.9 Å². The summed E-state index contributed by atoms with van der Waals surface area (Å²) in [5, 5.41) is 10.00. The molecule has 25 heavy (non-hydrogen) atoms. The predicted octanol–water partition coefficient (Wildman–Crippen LogP) is 5.90. The Morgan fingerprint density at radius 3 is 2.68 bits per heavy atom. The zero-order valence-corrected chi connectivity index (χ0v) is 15.5. The number of aromatic nitrogens is 2. The van der Waals surface area contributed by atoms with E-state index >= 15 is 0 Å². The molecule has 0 spiro atoms. The van der Waals surface area contributed by atoms with Gasteiger partial charge in [0.1, 0.15) is 5.82 Å². The van der Waals surface area contributed by atoms with Crippen molar-refractivity contribution < 1.29 is 0 Å². The minimum atomic E-state index is 0.727.